The summed E-state index contributed by atoms with van der Waals surface area (Å²) >= 11 is 5.69. The lowest BCUT2D eigenvalue weighted by Crippen LogP contribution is -2.08. The first kappa shape index (κ1) is 17.6. The minimum absolute atomic E-state index is 0.174. The van der Waals surface area contributed by atoms with E-state index in [1.165, 1.54) is 6.08 Å². The number of carbonyl (C=O) groups excluding carboxylic acids is 1. The van der Waals surface area contributed by atoms with Gasteiger partial charge in [-0.15, -0.1) is 6.42 Å². The Morgan fingerprint density at radius 2 is 2.08 bits per heavy atom. The zero-order chi connectivity index (χ0) is 17.4. The van der Waals surface area contributed by atoms with Gasteiger partial charge in [0.25, 0.3) is 0 Å². The highest BCUT2D eigenvalue weighted by molar-refractivity contribution is 6.29. The molecule has 0 radical (unpaired) electrons. The number of hydrogen-bond donors (Lipinski definition) is 0. The van der Waals surface area contributed by atoms with Crippen molar-refractivity contribution in [3.05, 3.63) is 65.0 Å². The molecule has 0 aliphatic heterocycles. The number of hydrogen-bond acceptors (Lipinski definition) is 4. The third kappa shape index (κ3) is 5.79. The fraction of sp³-hybridized carbons (Fsp3) is 0.158. The van der Waals surface area contributed by atoms with Crippen LogP contribution in [0.1, 0.15) is 18.1 Å². The summed E-state index contributed by atoms with van der Waals surface area (Å²) < 4.78 is 10.6. The molecule has 5 heteroatoms. The fourth-order valence-corrected chi connectivity index (χ4v) is 1.87. The SMILES string of the molecule is C#CC(C)Oc1ccc(COC(=O)C=Cc2ccc(Cl)nc2)cc1. The van der Waals surface area contributed by atoms with Gasteiger partial charge in [-0.05, 0) is 42.3 Å². The Hall–Kier alpha value is -2.77. The third-order valence-corrected chi connectivity index (χ3v) is 3.24. The smallest absolute Gasteiger partial charge is 0.331 e. The van der Waals surface area contributed by atoms with Crippen LogP contribution in [-0.2, 0) is 16.1 Å². The van der Waals surface area contributed by atoms with Gasteiger partial charge in [-0.3, -0.25) is 0 Å². The summed E-state index contributed by atoms with van der Waals surface area (Å²) in [7, 11) is 0. The average molecular weight is 342 g/mol. The van der Waals surface area contributed by atoms with Crippen LogP contribution in [-0.4, -0.2) is 17.1 Å². The van der Waals surface area contributed by atoms with Gasteiger partial charge in [0, 0.05) is 12.3 Å². The van der Waals surface area contributed by atoms with Crippen LogP contribution < -0.4 is 4.74 Å². The molecule has 0 aliphatic carbocycles. The van der Waals surface area contributed by atoms with Crippen LogP contribution in [0.4, 0.5) is 0 Å². The van der Waals surface area contributed by atoms with Crippen LogP contribution in [0, 0.1) is 12.3 Å². The number of esters is 1. The number of terminal acetylenes is 1. The van der Waals surface area contributed by atoms with Crippen LogP contribution >= 0.6 is 11.6 Å². The van der Waals surface area contributed by atoms with Crippen molar-refractivity contribution in [2.45, 2.75) is 19.6 Å². The van der Waals surface area contributed by atoms with Crippen molar-refractivity contribution < 1.29 is 14.3 Å². The van der Waals surface area contributed by atoms with Crippen molar-refractivity contribution in [3.8, 4) is 18.1 Å². The van der Waals surface area contributed by atoms with Crippen molar-refractivity contribution in [1.29, 1.82) is 0 Å². The van der Waals surface area contributed by atoms with Crippen molar-refractivity contribution in [2.24, 2.45) is 0 Å². The van der Waals surface area contributed by atoms with E-state index in [9.17, 15) is 4.79 Å². The topological polar surface area (TPSA) is 48.4 Å². The Labute approximate surface area is 146 Å². The van der Waals surface area contributed by atoms with E-state index < -0.39 is 5.97 Å². The largest absolute Gasteiger partial charge is 0.478 e. The maximum Gasteiger partial charge on any atom is 0.331 e. The van der Waals surface area contributed by atoms with Crippen LogP contribution in [0.3, 0.4) is 0 Å². The number of ether oxygens (including phenoxy) is 2. The lowest BCUT2D eigenvalue weighted by molar-refractivity contribution is -0.138. The van der Waals surface area contributed by atoms with E-state index >= 15 is 0 Å². The summed E-state index contributed by atoms with van der Waals surface area (Å²) in [6, 6.07) is 10.6. The van der Waals surface area contributed by atoms with Gasteiger partial charge in [-0.25, -0.2) is 9.78 Å². The first-order valence-electron chi connectivity index (χ1n) is 7.25. The predicted molar refractivity (Wildman–Crippen MR) is 93.4 cm³/mol. The second-order valence-corrected chi connectivity index (χ2v) is 5.31. The number of pyridine rings is 1. The minimum Gasteiger partial charge on any atom is -0.478 e. The van der Waals surface area contributed by atoms with Crippen molar-refractivity contribution in [3.63, 3.8) is 0 Å². The maximum atomic E-state index is 11.7. The fourth-order valence-electron chi connectivity index (χ4n) is 1.76. The molecule has 2 aromatic rings. The Morgan fingerprint density at radius 1 is 1.33 bits per heavy atom. The molecule has 24 heavy (non-hydrogen) atoms. The maximum absolute atomic E-state index is 11.7. The molecule has 0 saturated carbocycles. The molecule has 1 aromatic carbocycles. The number of carbonyl (C=O) groups is 1. The number of rotatable bonds is 6. The minimum atomic E-state index is -0.439. The Bertz CT molecular complexity index is 746. The van der Waals surface area contributed by atoms with Crippen LogP contribution in [0.15, 0.2) is 48.7 Å². The summed E-state index contributed by atoms with van der Waals surface area (Å²) in [6.45, 7) is 1.96. The van der Waals surface area contributed by atoms with Crippen LogP contribution in [0.25, 0.3) is 6.08 Å². The van der Waals surface area contributed by atoms with E-state index in [2.05, 4.69) is 10.9 Å². The Kier molecular flexibility index (Phi) is 6.41. The summed E-state index contributed by atoms with van der Waals surface area (Å²) in [5, 5.41) is 0.402. The van der Waals surface area contributed by atoms with Crippen molar-refractivity contribution in [1.82, 2.24) is 4.98 Å². The van der Waals surface area contributed by atoms with Gasteiger partial charge in [0.05, 0.1) is 0 Å². The van der Waals surface area contributed by atoms with E-state index in [-0.39, 0.29) is 12.7 Å². The van der Waals surface area contributed by atoms with E-state index in [1.54, 1.807) is 43.5 Å². The average Bonchev–Trinajstić information content (AvgIpc) is 2.60. The van der Waals surface area contributed by atoms with Crippen molar-refractivity contribution >= 4 is 23.6 Å². The van der Waals surface area contributed by atoms with Gasteiger partial charge in [0.1, 0.15) is 17.5 Å². The highest BCUT2D eigenvalue weighted by atomic mass is 35.5. The third-order valence-electron chi connectivity index (χ3n) is 3.01. The molecule has 4 nitrogen and oxygen atoms in total. The first-order chi connectivity index (χ1) is 11.6. The van der Waals surface area contributed by atoms with Gasteiger partial charge < -0.3 is 9.47 Å². The molecular weight excluding hydrogens is 326 g/mol. The molecule has 0 N–H and O–H groups in total. The summed E-state index contributed by atoms with van der Waals surface area (Å²) in [4.78, 5) is 15.6. The monoisotopic (exact) mass is 341 g/mol. The number of aromatic nitrogens is 1. The van der Waals surface area contributed by atoms with E-state index in [0.717, 1.165) is 11.1 Å². The number of benzene rings is 1. The molecule has 2 rings (SSSR count). The van der Waals surface area contributed by atoms with Crippen LogP contribution in [0.2, 0.25) is 5.15 Å². The molecule has 0 aliphatic rings. The molecule has 1 unspecified atom stereocenters. The lowest BCUT2D eigenvalue weighted by Gasteiger charge is -2.09. The Balaban J connectivity index is 1.83. The molecule has 0 saturated heterocycles. The summed E-state index contributed by atoms with van der Waals surface area (Å²) in [6.07, 6.45) is 9.50. The van der Waals surface area contributed by atoms with Gasteiger partial charge >= 0.3 is 5.97 Å². The second kappa shape index (κ2) is 8.76. The van der Waals surface area contributed by atoms with Gasteiger partial charge in [-0.2, -0.15) is 0 Å². The van der Waals surface area contributed by atoms with E-state index in [1.807, 2.05) is 12.1 Å². The molecule has 0 spiro atoms. The summed E-state index contributed by atoms with van der Waals surface area (Å²) in [5.74, 6) is 2.72. The molecule has 0 amide bonds. The Morgan fingerprint density at radius 3 is 2.71 bits per heavy atom. The molecule has 122 valence electrons. The van der Waals surface area contributed by atoms with Crippen molar-refractivity contribution in [2.75, 3.05) is 0 Å². The first-order valence-corrected chi connectivity index (χ1v) is 7.63. The number of halogens is 1. The molecule has 1 heterocycles. The molecule has 1 aromatic heterocycles. The summed E-state index contributed by atoms with van der Waals surface area (Å²) in [5.41, 5.74) is 1.62. The standard InChI is InChI=1S/C19H16ClNO3/c1-3-14(2)24-17-8-4-16(5-9-17)13-23-19(22)11-7-15-6-10-18(20)21-12-15/h1,4-12,14H,13H2,2H3. The second-order valence-electron chi connectivity index (χ2n) is 4.93. The molecular formula is C19H16ClNO3. The van der Waals surface area contributed by atoms with Gasteiger partial charge in [-0.1, -0.05) is 35.7 Å². The highest BCUT2D eigenvalue weighted by Crippen LogP contribution is 2.14. The zero-order valence-electron chi connectivity index (χ0n) is 13.1. The van der Waals surface area contributed by atoms with Crippen LogP contribution in [0.5, 0.6) is 5.75 Å². The van der Waals surface area contributed by atoms with E-state index in [0.29, 0.717) is 10.9 Å². The molecule has 0 fully saturated rings. The van der Waals surface area contributed by atoms with Gasteiger partial charge in [0.15, 0.2) is 6.10 Å². The highest BCUT2D eigenvalue weighted by Gasteiger charge is 2.02. The zero-order valence-corrected chi connectivity index (χ0v) is 13.9. The number of nitrogens with zero attached hydrogens (tertiary/aromatic N) is 1. The lowest BCUT2D eigenvalue weighted by atomic mass is 10.2. The quantitative estimate of drug-likeness (QED) is 0.346. The van der Waals surface area contributed by atoms with Gasteiger partial charge in [0.2, 0.25) is 0 Å². The molecule has 1 atom stereocenters. The normalized spacial score (nSPS) is 11.7. The van der Waals surface area contributed by atoms with E-state index in [4.69, 9.17) is 27.5 Å². The predicted octanol–water partition coefficient (Wildman–Crippen LogP) is 3.89. The molecule has 0 bridgehead atoms.